The number of furan rings is 1. The van der Waals surface area contributed by atoms with Crippen molar-refractivity contribution in [2.24, 2.45) is 0 Å². The van der Waals surface area contributed by atoms with Gasteiger partial charge in [0.2, 0.25) is 5.95 Å². The molecule has 10 aromatic carbocycles. The maximum atomic E-state index is 6.25. The van der Waals surface area contributed by atoms with Crippen LogP contribution in [0.3, 0.4) is 0 Å². The molecule has 15 aromatic rings. The fraction of sp³-hybridized carbons (Fsp3) is 0. The molecule has 68 heavy (non-hydrogen) atoms. The zero-order chi connectivity index (χ0) is 44.5. The molecule has 0 radical (unpaired) electrons. The lowest BCUT2D eigenvalue weighted by Gasteiger charge is -2.13. The maximum Gasteiger partial charge on any atom is 0.235 e. The van der Waals surface area contributed by atoms with Gasteiger partial charge in [0.15, 0.2) is 0 Å². The average molecular weight is 885 g/mol. The quantitative estimate of drug-likeness (QED) is 0.173. The molecule has 0 saturated heterocycles. The van der Waals surface area contributed by atoms with Gasteiger partial charge in [-0.15, -0.1) is 11.3 Å². The molecule has 5 nitrogen and oxygen atoms in total. The average Bonchev–Trinajstić information content (AvgIpc) is 4.17. The molecular weight excluding hydrogens is 849 g/mol. The maximum absolute atomic E-state index is 6.25. The van der Waals surface area contributed by atoms with E-state index in [1.54, 1.807) is 0 Å². The van der Waals surface area contributed by atoms with Gasteiger partial charge >= 0.3 is 0 Å². The van der Waals surface area contributed by atoms with Gasteiger partial charge in [-0.05, 0) is 106 Å². The summed E-state index contributed by atoms with van der Waals surface area (Å²) in [7, 11) is 0. The molecule has 0 aliphatic rings. The largest absolute Gasteiger partial charge is 0.456 e. The van der Waals surface area contributed by atoms with Gasteiger partial charge in [0.25, 0.3) is 0 Å². The van der Waals surface area contributed by atoms with Gasteiger partial charge < -0.3 is 8.98 Å². The zero-order valence-corrected chi connectivity index (χ0v) is 37.2. The van der Waals surface area contributed by atoms with Gasteiger partial charge in [-0.25, -0.2) is 9.97 Å². The van der Waals surface area contributed by atoms with E-state index in [1.807, 2.05) is 23.5 Å². The molecule has 5 heterocycles. The molecule has 6 heteroatoms. The Morgan fingerprint density at radius 2 is 1.09 bits per heavy atom. The summed E-state index contributed by atoms with van der Waals surface area (Å²) in [5.74, 6) is 0.645. The second-order valence-corrected chi connectivity index (χ2v) is 18.8. The number of benzene rings is 10. The standard InChI is InChI=1S/C62H36N4OS/c1-3-14-37(15-4-1)57-35-42-26-29-50-59(61(42)68-57)60(38-16-5-2-6-17-38)64-62(63-50)66-52-30-27-41(33-47(52)48-32-39-18-7-8-19-40(39)34-54(48)66)44-22-13-24-53-58(44)46-21-9-11-23-51(46)65(53)43-28-31-56-49(36-43)45-20-10-12-25-55(45)67-56/h1-36H. The van der Waals surface area contributed by atoms with E-state index in [1.165, 1.54) is 47.6 Å². The molecule has 15 rings (SSSR count). The first-order valence-corrected chi connectivity index (χ1v) is 23.8. The molecule has 0 spiro atoms. The molecule has 5 aromatic heterocycles. The van der Waals surface area contributed by atoms with Gasteiger partial charge in [0, 0.05) is 58.5 Å². The summed E-state index contributed by atoms with van der Waals surface area (Å²) in [6, 6.07) is 78.5. The zero-order valence-electron chi connectivity index (χ0n) is 36.4. The van der Waals surface area contributed by atoms with Gasteiger partial charge in [0.05, 0.1) is 33.3 Å². The highest BCUT2D eigenvalue weighted by Gasteiger charge is 2.23. The van der Waals surface area contributed by atoms with Crippen molar-refractivity contribution in [1.82, 2.24) is 19.1 Å². The summed E-state index contributed by atoms with van der Waals surface area (Å²) in [6.45, 7) is 0. The van der Waals surface area contributed by atoms with Crippen LogP contribution in [0.2, 0.25) is 0 Å². The third-order valence-electron chi connectivity index (χ3n) is 13.9. The lowest BCUT2D eigenvalue weighted by atomic mass is 9.97. The monoisotopic (exact) mass is 884 g/mol. The van der Waals surface area contributed by atoms with Gasteiger partial charge in [-0.2, -0.15) is 0 Å². The lowest BCUT2D eigenvalue weighted by Crippen LogP contribution is -2.03. The predicted octanol–water partition coefficient (Wildman–Crippen LogP) is 17.1. The third kappa shape index (κ3) is 5.49. The van der Waals surface area contributed by atoms with E-state index in [-0.39, 0.29) is 0 Å². The van der Waals surface area contributed by atoms with Crippen molar-refractivity contribution >= 4 is 109 Å². The van der Waals surface area contributed by atoms with Gasteiger partial charge in [0.1, 0.15) is 11.2 Å². The highest BCUT2D eigenvalue weighted by molar-refractivity contribution is 7.23. The molecule has 0 N–H and O–H groups in total. The Hall–Kier alpha value is -8.84. The molecule has 0 bridgehead atoms. The van der Waals surface area contributed by atoms with Crippen molar-refractivity contribution in [3.8, 4) is 44.5 Å². The molecule has 0 aliphatic heterocycles. The number of hydrogen-bond donors (Lipinski definition) is 0. The van der Waals surface area contributed by atoms with E-state index < -0.39 is 0 Å². The van der Waals surface area contributed by atoms with Crippen LogP contribution in [0, 0.1) is 0 Å². The predicted molar refractivity (Wildman–Crippen MR) is 285 cm³/mol. The van der Waals surface area contributed by atoms with E-state index in [4.69, 9.17) is 14.4 Å². The Balaban J connectivity index is 0.969. The summed E-state index contributed by atoms with van der Waals surface area (Å²) in [4.78, 5) is 12.3. The lowest BCUT2D eigenvalue weighted by molar-refractivity contribution is 0.669. The van der Waals surface area contributed by atoms with Crippen molar-refractivity contribution in [1.29, 1.82) is 0 Å². The molecule has 316 valence electrons. The number of fused-ring (bicyclic) bond motifs is 13. The summed E-state index contributed by atoms with van der Waals surface area (Å²) in [6.07, 6.45) is 0. The van der Waals surface area contributed by atoms with Crippen LogP contribution >= 0.6 is 11.3 Å². The normalized spacial score (nSPS) is 12.1. The van der Waals surface area contributed by atoms with E-state index in [9.17, 15) is 0 Å². The van der Waals surface area contributed by atoms with Crippen molar-refractivity contribution in [2.45, 2.75) is 0 Å². The Morgan fingerprint density at radius 1 is 0.382 bits per heavy atom. The van der Waals surface area contributed by atoms with Crippen LogP contribution in [0.5, 0.6) is 0 Å². The second kappa shape index (κ2) is 14.3. The molecular formula is C62H36N4OS. The summed E-state index contributed by atoms with van der Waals surface area (Å²) in [5.41, 5.74) is 13.7. The van der Waals surface area contributed by atoms with Crippen LogP contribution in [0.15, 0.2) is 223 Å². The third-order valence-corrected chi connectivity index (χ3v) is 15.1. The minimum atomic E-state index is 0.645. The van der Waals surface area contributed by atoms with Crippen molar-refractivity contribution in [3.05, 3.63) is 218 Å². The highest BCUT2D eigenvalue weighted by atomic mass is 32.1. The number of nitrogens with zero attached hydrogens (tertiary/aromatic N) is 4. The molecule has 0 atom stereocenters. The summed E-state index contributed by atoms with van der Waals surface area (Å²) < 4.78 is 12.1. The number of aromatic nitrogens is 4. The first-order chi connectivity index (χ1) is 33.7. The van der Waals surface area contributed by atoms with Crippen molar-refractivity contribution < 1.29 is 4.42 Å². The number of rotatable bonds is 5. The van der Waals surface area contributed by atoms with Gasteiger partial charge in [-0.3, -0.25) is 4.57 Å². The van der Waals surface area contributed by atoms with Crippen molar-refractivity contribution in [2.75, 3.05) is 0 Å². The molecule has 0 unspecified atom stereocenters. The minimum absolute atomic E-state index is 0.645. The number of thiophene rings is 1. The Labute approximate surface area is 393 Å². The van der Waals surface area contributed by atoms with E-state index in [0.29, 0.717) is 5.95 Å². The number of para-hydroxylation sites is 2. The van der Waals surface area contributed by atoms with Crippen LogP contribution in [0.25, 0.3) is 142 Å². The second-order valence-electron chi connectivity index (χ2n) is 17.7. The smallest absolute Gasteiger partial charge is 0.235 e. The van der Waals surface area contributed by atoms with E-state index in [0.717, 1.165) is 88.2 Å². The SMILES string of the molecule is c1ccc(-c2cc3ccc4nc(-n5c6ccc(-c7cccc8c7c7ccccc7n8-c7ccc8oc9ccccc9c8c7)cc6c6cc7ccccc7cc65)nc(-c5ccccc5)c4c3s2)cc1. The Morgan fingerprint density at radius 3 is 1.96 bits per heavy atom. The van der Waals surface area contributed by atoms with Crippen LogP contribution in [0.1, 0.15) is 0 Å². The van der Waals surface area contributed by atoms with Gasteiger partial charge in [-0.1, -0.05) is 146 Å². The van der Waals surface area contributed by atoms with E-state index in [2.05, 4.69) is 215 Å². The fourth-order valence-electron chi connectivity index (χ4n) is 10.8. The molecule has 0 aliphatic carbocycles. The summed E-state index contributed by atoms with van der Waals surface area (Å²) >= 11 is 1.81. The van der Waals surface area contributed by atoms with E-state index >= 15 is 0 Å². The van der Waals surface area contributed by atoms with Crippen molar-refractivity contribution in [3.63, 3.8) is 0 Å². The molecule has 0 amide bonds. The van der Waals surface area contributed by atoms with Crippen LogP contribution < -0.4 is 0 Å². The summed E-state index contributed by atoms with van der Waals surface area (Å²) in [5, 5.41) is 11.6. The molecule has 0 saturated carbocycles. The van der Waals surface area contributed by atoms with Crippen LogP contribution in [-0.4, -0.2) is 19.1 Å². The first-order valence-electron chi connectivity index (χ1n) is 23.0. The first kappa shape index (κ1) is 37.4. The topological polar surface area (TPSA) is 48.8 Å². The Kier molecular flexibility index (Phi) is 7.88. The van der Waals surface area contributed by atoms with Crippen LogP contribution in [0.4, 0.5) is 0 Å². The number of hydrogen-bond acceptors (Lipinski definition) is 4. The Bertz CT molecular complexity index is 4560. The molecule has 0 fully saturated rings. The highest BCUT2D eigenvalue weighted by Crippen LogP contribution is 2.45. The van der Waals surface area contributed by atoms with Crippen LogP contribution in [-0.2, 0) is 0 Å². The minimum Gasteiger partial charge on any atom is -0.456 e. The fourth-order valence-corrected chi connectivity index (χ4v) is 12.0.